The second-order valence-electron chi connectivity index (χ2n) is 6.11. The molecule has 2 rings (SSSR count). The standard InChI is InChI=1S/C16H25F2N3/c1-20-6-3-15(4-7-20)21(2)8-5-16(19)12-9-13(17)11-14(18)10-12/h9-11,15-16H,3-8,19H2,1-2H3. The number of benzene rings is 1. The van der Waals surface area contributed by atoms with E-state index in [-0.39, 0.29) is 6.04 Å². The minimum absolute atomic E-state index is 0.330. The van der Waals surface area contributed by atoms with E-state index in [2.05, 4.69) is 23.9 Å². The molecule has 21 heavy (non-hydrogen) atoms. The molecule has 1 aliphatic heterocycles. The molecule has 2 N–H and O–H groups in total. The molecule has 1 heterocycles. The van der Waals surface area contributed by atoms with Crippen molar-refractivity contribution >= 4 is 0 Å². The van der Waals surface area contributed by atoms with Crippen molar-refractivity contribution in [2.45, 2.75) is 31.3 Å². The Bertz CT molecular complexity index is 439. The van der Waals surface area contributed by atoms with Gasteiger partial charge in [-0.15, -0.1) is 0 Å². The Balaban J connectivity index is 1.84. The summed E-state index contributed by atoms with van der Waals surface area (Å²) in [6, 6.07) is 3.77. The maximum absolute atomic E-state index is 13.2. The summed E-state index contributed by atoms with van der Waals surface area (Å²) in [6.45, 7) is 3.08. The first-order valence-electron chi connectivity index (χ1n) is 7.56. The van der Waals surface area contributed by atoms with E-state index < -0.39 is 11.6 Å². The molecule has 0 aromatic heterocycles. The van der Waals surface area contributed by atoms with Crippen LogP contribution in [0, 0.1) is 11.6 Å². The zero-order chi connectivity index (χ0) is 15.4. The molecule has 0 bridgehead atoms. The van der Waals surface area contributed by atoms with Crippen molar-refractivity contribution in [3.63, 3.8) is 0 Å². The van der Waals surface area contributed by atoms with Gasteiger partial charge >= 0.3 is 0 Å². The van der Waals surface area contributed by atoms with Crippen molar-refractivity contribution in [3.8, 4) is 0 Å². The lowest BCUT2D eigenvalue weighted by molar-refractivity contribution is 0.141. The molecular weight excluding hydrogens is 272 g/mol. The molecule has 1 unspecified atom stereocenters. The van der Waals surface area contributed by atoms with E-state index in [1.54, 1.807) is 0 Å². The molecular formula is C16H25F2N3. The Morgan fingerprint density at radius 3 is 2.38 bits per heavy atom. The first-order chi connectivity index (χ1) is 9.95. The van der Waals surface area contributed by atoms with E-state index >= 15 is 0 Å². The Kier molecular flexibility index (Phi) is 5.67. The van der Waals surface area contributed by atoms with Crippen molar-refractivity contribution in [2.75, 3.05) is 33.7 Å². The van der Waals surface area contributed by atoms with Crippen LogP contribution in [0.2, 0.25) is 0 Å². The van der Waals surface area contributed by atoms with Gasteiger partial charge in [0.2, 0.25) is 0 Å². The van der Waals surface area contributed by atoms with Gasteiger partial charge in [-0.3, -0.25) is 0 Å². The second kappa shape index (κ2) is 7.29. The van der Waals surface area contributed by atoms with Crippen LogP contribution < -0.4 is 5.73 Å². The van der Waals surface area contributed by atoms with Gasteiger partial charge in [-0.25, -0.2) is 8.78 Å². The second-order valence-corrected chi connectivity index (χ2v) is 6.11. The maximum Gasteiger partial charge on any atom is 0.126 e. The van der Waals surface area contributed by atoms with Crippen molar-refractivity contribution < 1.29 is 8.78 Å². The summed E-state index contributed by atoms with van der Waals surface area (Å²) >= 11 is 0. The number of piperidine rings is 1. The highest BCUT2D eigenvalue weighted by molar-refractivity contribution is 5.21. The van der Waals surface area contributed by atoms with Crippen LogP contribution in [0.4, 0.5) is 8.78 Å². The fourth-order valence-electron chi connectivity index (χ4n) is 2.92. The van der Waals surface area contributed by atoms with E-state index in [1.807, 2.05) is 0 Å². The van der Waals surface area contributed by atoms with Gasteiger partial charge in [-0.1, -0.05) is 0 Å². The molecule has 1 atom stereocenters. The van der Waals surface area contributed by atoms with Gasteiger partial charge in [-0.05, 0) is 70.7 Å². The number of nitrogens with two attached hydrogens (primary N) is 1. The summed E-state index contributed by atoms with van der Waals surface area (Å²) in [4.78, 5) is 4.66. The highest BCUT2D eigenvalue weighted by Gasteiger charge is 2.21. The van der Waals surface area contributed by atoms with Crippen molar-refractivity contribution in [1.82, 2.24) is 9.80 Å². The molecule has 1 aliphatic rings. The van der Waals surface area contributed by atoms with Gasteiger partial charge in [0.05, 0.1) is 0 Å². The molecule has 5 heteroatoms. The molecule has 0 radical (unpaired) electrons. The molecule has 3 nitrogen and oxygen atoms in total. The molecule has 1 aromatic carbocycles. The molecule has 0 saturated carbocycles. The summed E-state index contributed by atoms with van der Waals surface area (Å²) in [6.07, 6.45) is 3.03. The minimum Gasteiger partial charge on any atom is -0.324 e. The fourth-order valence-corrected chi connectivity index (χ4v) is 2.92. The van der Waals surface area contributed by atoms with Crippen molar-refractivity contribution in [1.29, 1.82) is 0 Å². The van der Waals surface area contributed by atoms with Crippen LogP contribution >= 0.6 is 0 Å². The molecule has 1 saturated heterocycles. The molecule has 0 spiro atoms. The third-order valence-electron chi connectivity index (χ3n) is 4.42. The van der Waals surface area contributed by atoms with E-state index in [0.717, 1.165) is 38.5 Å². The minimum atomic E-state index is -0.566. The predicted molar refractivity (Wildman–Crippen MR) is 81.1 cm³/mol. The summed E-state index contributed by atoms with van der Waals surface area (Å²) in [5.41, 5.74) is 6.60. The molecule has 118 valence electrons. The fraction of sp³-hybridized carbons (Fsp3) is 0.625. The van der Waals surface area contributed by atoms with E-state index in [0.29, 0.717) is 18.0 Å². The number of rotatable bonds is 5. The van der Waals surface area contributed by atoms with Gasteiger partial charge in [-0.2, -0.15) is 0 Å². The zero-order valence-electron chi connectivity index (χ0n) is 12.9. The van der Waals surface area contributed by atoms with Gasteiger partial charge in [0.25, 0.3) is 0 Å². The Morgan fingerprint density at radius 2 is 1.81 bits per heavy atom. The molecule has 0 aliphatic carbocycles. The normalized spacial score (nSPS) is 19.1. The molecule has 1 fully saturated rings. The quantitative estimate of drug-likeness (QED) is 0.906. The Hall–Kier alpha value is -1.04. The van der Waals surface area contributed by atoms with Crippen molar-refractivity contribution in [3.05, 3.63) is 35.4 Å². The highest BCUT2D eigenvalue weighted by atomic mass is 19.1. The van der Waals surface area contributed by atoms with E-state index in [1.165, 1.54) is 12.1 Å². The third-order valence-corrected chi connectivity index (χ3v) is 4.42. The maximum atomic E-state index is 13.2. The topological polar surface area (TPSA) is 32.5 Å². The van der Waals surface area contributed by atoms with Gasteiger partial charge in [0.1, 0.15) is 11.6 Å². The smallest absolute Gasteiger partial charge is 0.126 e. The van der Waals surface area contributed by atoms with Crippen LogP contribution in [0.5, 0.6) is 0 Å². The van der Waals surface area contributed by atoms with Gasteiger partial charge in [0.15, 0.2) is 0 Å². The first kappa shape index (κ1) is 16.3. The average molecular weight is 297 g/mol. The monoisotopic (exact) mass is 297 g/mol. The van der Waals surface area contributed by atoms with Crippen LogP contribution in [0.3, 0.4) is 0 Å². The lowest BCUT2D eigenvalue weighted by Gasteiger charge is -2.35. The highest BCUT2D eigenvalue weighted by Crippen LogP contribution is 2.19. The number of nitrogens with zero attached hydrogens (tertiary/aromatic N) is 2. The van der Waals surface area contributed by atoms with Gasteiger partial charge in [0, 0.05) is 18.2 Å². The van der Waals surface area contributed by atoms with Crippen molar-refractivity contribution in [2.24, 2.45) is 5.73 Å². The Morgan fingerprint density at radius 1 is 1.24 bits per heavy atom. The largest absolute Gasteiger partial charge is 0.324 e. The number of hydrogen-bond donors (Lipinski definition) is 1. The summed E-state index contributed by atoms with van der Waals surface area (Å²) in [7, 11) is 4.25. The average Bonchev–Trinajstić information content (AvgIpc) is 2.44. The Labute approximate surface area is 125 Å². The van der Waals surface area contributed by atoms with E-state index in [9.17, 15) is 8.78 Å². The number of likely N-dealkylation sites (tertiary alicyclic amines) is 1. The summed E-state index contributed by atoms with van der Waals surface area (Å²) in [5, 5.41) is 0. The van der Waals surface area contributed by atoms with Gasteiger partial charge < -0.3 is 15.5 Å². The first-order valence-corrected chi connectivity index (χ1v) is 7.56. The van der Waals surface area contributed by atoms with Crippen LogP contribution in [0.25, 0.3) is 0 Å². The molecule has 1 aromatic rings. The third kappa shape index (κ3) is 4.73. The summed E-state index contributed by atoms with van der Waals surface area (Å²) in [5.74, 6) is -1.13. The summed E-state index contributed by atoms with van der Waals surface area (Å²) < 4.78 is 26.4. The SMILES string of the molecule is CN1CCC(N(C)CCC(N)c2cc(F)cc(F)c2)CC1. The van der Waals surface area contributed by atoms with E-state index in [4.69, 9.17) is 5.73 Å². The van der Waals surface area contributed by atoms with Crippen LogP contribution in [-0.4, -0.2) is 49.6 Å². The number of hydrogen-bond acceptors (Lipinski definition) is 3. The predicted octanol–water partition coefficient (Wildman–Crippen LogP) is 2.38. The lowest BCUT2D eigenvalue weighted by Crippen LogP contribution is -2.42. The van der Waals surface area contributed by atoms with Crippen LogP contribution in [-0.2, 0) is 0 Å². The lowest BCUT2D eigenvalue weighted by atomic mass is 10.0. The zero-order valence-corrected chi connectivity index (χ0v) is 12.9. The molecule has 0 amide bonds. The number of halogens is 2. The van der Waals surface area contributed by atoms with Crippen LogP contribution in [0.1, 0.15) is 30.9 Å². The van der Waals surface area contributed by atoms with Crippen LogP contribution in [0.15, 0.2) is 18.2 Å².